The van der Waals surface area contributed by atoms with Crippen LogP contribution in [0.15, 0.2) is 30.9 Å². The molecular weight excluding hydrogens is 290 g/mol. The summed E-state index contributed by atoms with van der Waals surface area (Å²) in [6.45, 7) is 6.96. The molecule has 0 saturated carbocycles. The Morgan fingerprint density at radius 3 is 2.74 bits per heavy atom. The largest absolute Gasteiger partial charge is 0.373 e. The number of anilines is 2. The summed E-state index contributed by atoms with van der Waals surface area (Å²) in [4.78, 5) is 12.9. The molecule has 23 heavy (non-hydrogen) atoms. The molecule has 2 N–H and O–H groups in total. The molecule has 0 bridgehead atoms. The van der Waals surface area contributed by atoms with Crippen molar-refractivity contribution in [3.63, 3.8) is 0 Å². The lowest BCUT2D eigenvalue weighted by atomic mass is 10.1. The molecule has 0 aliphatic rings. The second-order valence-corrected chi connectivity index (χ2v) is 6.34. The zero-order valence-corrected chi connectivity index (χ0v) is 13.8. The molecule has 3 aromatic rings. The fraction of sp³-hybridized carbons (Fsp3) is 0.375. The van der Waals surface area contributed by atoms with Gasteiger partial charge in [-0.2, -0.15) is 5.10 Å². The molecule has 0 aromatic carbocycles. The van der Waals surface area contributed by atoms with Gasteiger partial charge in [0.15, 0.2) is 5.65 Å². The van der Waals surface area contributed by atoms with E-state index in [-0.39, 0.29) is 5.54 Å². The smallest absolute Gasteiger partial charge is 0.163 e. The van der Waals surface area contributed by atoms with Gasteiger partial charge < -0.3 is 10.6 Å². The van der Waals surface area contributed by atoms with Gasteiger partial charge in [0.2, 0.25) is 0 Å². The van der Waals surface area contributed by atoms with Crippen LogP contribution in [0.25, 0.3) is 11.0 Å². The minimum atomic E-state index is -0.125. The van der Waals surface area contributed by atoms with Gasteiger partial charge in [0.05, 0.1) is 17.1 Å². The first-order chi connectivity index (χ1) is 11.0. The van der Waals surface area contributed by atoms with E-state index >= 15 is 0 Å². The van der Waals surface area contributed by atoms with Gasteiger partial charge >= 0.3 is 0 Å². The molecule has 0 atom stereocenters. The lowest BCUT2D eigenvalue weighted by Crippen LogP contribution is -2.23. The lowest BCUT2D eigenvalue weighted by molar-refractivity contribution is 0.366. The number of nitrogens with one attached hydrogen (secondary N) is 2. The standard InChI is InChI=1S/C16H21N7/c1-16(2,3)23-15-12(9-22-23)14(20-10-21-15)19-8-11-5-6-18-13(7-11)17-4/h5-7,9-10H,8H2,1-4H3,(H,17,18)(H,19,20,21). The van der Waals surface area contributed by atoms with Crippen molar-refractivity contribution >= 4 is 22.7 Å². The summed E-state index contributed by atoms with van der Waals surface area (Å²) in [5.41, 5.74) is 1.83. The Kier molecular flexibility index (Phi) is 3.85. The van der Waals surface area contributed by atoms with E-state index in [1.165, 1.54) is 0 Å². The average Bonchev–Trinajstić information content (AvgIpc) is 2.98. The van der Waals surface area contributed by atoms with Crippen LogP contribution in [0.5, 0.6) is 0 Å². The van der Waals surface area contributed by atoms with Crippen molar-refractivity contribution < 1.29 is 0 Å². The molecule has 0 aliphatic carbocycles. The first-order valence-electron chi connectivity index (χ1n) is 7.55. The highest BCUT2D eigenvalue weighted by Gasteiger charge is 2.19. The van der Waals surface area contributed by atoms with E-state index in [4.69, 9.17) is 0 Å². The van der Waals surface area contributed by atoms with Crippen molar-refractivity contribution in [3.8, 4) is 0 Å². The minimum absolute atomic E-state index is 0.125. The summed E-state index contributed by atoms with van der Waals surface area (Å²) in [5, 5.41) is 11.8. The predicted molar refractivity (Wildman–Crippen MR) is 91.4 cm³/mol. The number of fused-ring (bicyclic) bond motifs is 1. The summed E-state index contributed by atoms with van der Waals surface area (Å²) < 4.78 is 1.92. The molecule has 0 fully saturated rings. The molecule has 0 aliphatic heterocycles. The fourth-order valence-electron chi connectivity index (χ4n) is 2.38. The first-order valence-corrected chi connectivity index (χ1v) is 7.55. The molecule has 0 radical (unpaired) electrons. The Morgan fingerprint density at radius 1 is 1.17 bits per heavy atom. The zero-order valence-electron chi connectivity index (χ0n) is 13.8. The number of pyridine rings is 1. The van der Waals surface area contributed by atoms with Gasteiger partial charge in [-0.3, -0.25) is 0 Å². The Labute approximate surface area is 135 Å². The average molecular weight is 311 g/mol. The Balaban J connectivity index is 1.87. The van der Waals surface area contributed by atoms with Crippen LogP contribution in [-0.4, -0.2) is 31.8 Å². The molecular formula is C16H21N7. The van der Waals surface area contributed by atoms with Gasteiger partial charge in [0, 0.05) is 19.8 Å². The monoisotopic (exact) mass is 311 g/mol. The maximum atomic E-state index is 4.46. The predicted octanol–water partition coefficient (Wildman–Crippen LogP) is 2.63. The highest BCUT2D eigenvalue weighted by molar-refractivity contribution is 5.86. The van der Waals surface area contributed by atoms with Gasteiger partial charge in [0.25, 0.3) is 0 Å². The highest BCUT2D eigenvalue weighted by Crippen LogP contribution is 2.24. The van der Waals surface area contributed by atoms with Crippen LogP contribution in [0.3, 0.4) is 0 Å². The quantitative estimate of drug-likeness (QED) is 0.771. The van der Waals surface area contributed by atoms with Crippen molar-refractivity contribution in [2.75, 3.05) is 17.7 Å². The maximum Gasteiger partial charge on any atom is 0.163 e. The number of hydrogen-bond donors (Lipinski definition) is 2. The van der Waals surface area contributed by atoms with Gasteiger partial charge in [-0.1, -0.05) is 0 Å². The molecule has 3 aromatic heterocycles. The second kappa shape index (κ2) is 5.83. The van der Waals surface area contributed by atoms with E-state index in [0.717, 1.165) is 28.2 Å². The molecule has 3 heterocycles. The second-order valence-electron chi connectivity index (χ2n) is 6.34. The summed E-state index contributed by atoms with van der Waals surface area (Å²) in [6.07, 6.45) is 5.17. The maximum absolute atomic E-state index is 4.46. The molecule has 7 nitrogen and oxygen atoms in total. The number of aromatic nitrogens is 5. The van der Waals surface area contributed by atoms with Crippen LogP contribution >= 0.6 is 0 Å². The molecule has 120 valence electrons. The van der Waals surface area contributed by atoms with E-state index in [1.54, 1.807) is 12.5 Å². The van der Waals surface area contributed by atoms with E-state index < -0.39 is 0 Å². The van der Waals surface area contributed by atoms with Gasteiger partial charge in [0.1, 0.15) is 18.0 Å². The third-order valence-electron chi connectivity index (χ3n) is 3.54. The summed E-state index contributed by atoms with van der Waals surface area (Å²) >= 11 is 0. The molecule has 0 saturated heterocycles. The topological polar surface area (TPSA) is 80.5 Å². The van der Waals surface area contributed by atoms with Gasteiger partial charge in [-0.25, -0.2) is 19.6 Å². The van der Waals surface area contributed by atoms with Crippen LogP contribution in [-0.2, 0) is 12.1 Å². The third kappa shape index (κ3) is 3.08. The molecule has 0 amide bonds. The number of rotatable bonds is 4. The Bertz CT molecular complexity index is 817. The van der Waals surface area contributed by atoms with Crippen LogP contribution in [0, 0.1) is 0 Å². The van der Waals surface area contributed by atoms with Gasteiger partial charge in [-0.05, 0) is 38.5 Å². The van der Waals surface area contributed by atoms with Crippen molar-refractivity contribution in [2.24, 2.45) is 0 Å². The van der Waals surface area contributed by atoms with E-state index in [2.05, 4.69) is 51.5 Å². The summed E-state index contributed by atoms with van der Waals surface area (Å²) in [7, 11) is 1.86. The Morgan fingerprint density at radius 2 is 2.00 bits per heavy atom. The van der Waals surface area contributed by atoms with Crippen LogP contribution in [0.2, 0.25) is 0 Å². The van der Waals surface area contributed by atoms with Crippen LogP contribution < -0.4 is 10.6 Å². The Hall–Kier alpha value is -2.70. The molecule has 3 rings (SSSR count). The summed E-state index contributed by atoms with van der Waals surface area (Å²) in [5.74, 6) is 1.63. The SMILES string of the molecule is CNc1cc(CNc2ncnc3c2cnn3C(C)(C)C)ccn1. The first kappa shape index (κ1) is 15.2. The van der Waals surface area contributed by atoms with Crippen molar-refractivity contribution in [2.45, 2.75) is 32.9 Å². The van der Waals surface area contributed by atoms with Crippen molar-refractivity contribution in [3.05, 3.63) is 36.4 Å². The zero-order chi connectivity index (χ0) is 16.4. The van der Waals surface area contributed by atoms with E-state index in [0.29, 0.717) is 6.54 Å². The number of hydrogen-bond acceptors (Lipinski definition) is 6. The number of nitrogens with zero attached hydrogens (tertiary/aromatic N) is 5. The van der Waals surface area contributed by atoms with E-state index in [9.17, 15) is 0 Å². The lowest BCUT2D eigenvalue weighted by Gasteiger charge is -2.19. The molecule has 0 unspecified atom stereocenters. The highest BCUT2D eigenvalue weighted by atomic mass is 15.3. The van der Waals surface area contributed by atoms with Crippen LogP contribution in [0.1, 0.15) is 26.3 Å². The normalized spacial score (nSPS) is 11.7. The fourth-order valence-corrected chi connectivity index (χ4v) is 2.38. The van der Waals surface area contributed by atoms with Crippen LogP contribution in [0.4, 0.5) is 11.6 Å². The van der Waals surface area contributed by atoms with Crippen molar-refractivity contribution in [1.29, 1.82) is 0 Å². The minimum Gasteiger partial charge on any atom is -0.373 e. The third-order valence-corrected chi connectivity index (χ3v) is 3.54. The molecule has 7 heteroatoms. The molecule has 0 spiro atoms. The van der Waals surface area contributed by atoms with Crippen molar-refractivity contribution in [1.82, 2.24) is 24.7 Å². The van der Waals surface area contributed by atoms with Gasteiger partial charge in [-0.15, -0.1) is 0 Å². The van der Waals surface area contributed by atoms with E-state index in [1.807, 2.05) is 30.1 Å². The summed E-state index contributed by atoms with van der Waals surface area (Å²) in [6, 6.07) is 3.98.